The van der Waals surface area contributed by atoms with Gasteiger partial charge in [0, 0.05) is 28.4 Å². The Kier molecular flexibility index (Phi) is 5.26. The van der Waals surface area contributed by atoms with Gasteiger partial charge in [0.15, 0.2) is 0 Å². The molecule has 1 aromatic heterocycles. The van der Waals surface area contributed by atoms with Gasteiger partial charge in [0.05, 0.1) is 14.2 Å². The molecule has 0 bridgehead atoms. The monoisotopic (exact) mass is 305 g/mol. The first-order chi connectivity index (χ1) is 10.0. The lowest BCUT2D eigenvalue weighted by atomic mass is 10.1. The Morgan fingerprint density at radius 3 is 2.14 bits per heavy atom. The maximum absolute atomic E-state index is 5.31. The van der Waals surface area contributed by atoms with Crippen LogP contribution in [0.4, 0.5) is 0 Å². The third-order valence-electron chi connectivity index (χ3n) is 3.57. The SMILES string of the molecule is COc1cc(CNC(C)c2cc(C)sc2C)cc(OC)c1. The predicted octanol–water partition coefficient (Wildman–Crippen LogP) is 4.23. The molecule has 114 valence electrons. The van der Waals surface area contributed by atoms with E-state index in [-0.39, 0.29) is 0 Å². The number of rotatable bonds is 6. The van der Waals surface area contributed by atoms with Crippen LogP contribution in [0.15, 0.2) is 24.3 Å². The molecule has 1 N–H and O–H groups in total. The lowest BCUT2D eigenvalue weighted by Gasteiger charge is -2.15. The smallest absolute Gasteiger partial charge is 0.122 e. The molecule has 0 radical (unpaired) electrons. The third kappa shape index (κ3) is 3.99. The molecule has 1 heterocycles. The first kappa shape index (κ1) is 15.9. The van der Waals surface area contributed by atoms with Gasteiger partial charge in [-0.2, -0.15) is 0 Å². The minimum atomic E-state index is 0.326. The van der Waals surface area contributed by atoms with E-state index >= 15 is 0 Å². The molecule has 0 amide bonds. The van der Waals surface area contributed by atoms with Crippen molar-refractivity contribution in [2.75, 3.05) is 14.2 Å². The zero-order valence-electron chi connectivity index (χ0n) is 13.3. The normalized spacial score (nSPS) is 12.2. The minimum absolute atomic E-state index is 0.326. The van der Waals surface area contributed by atoms with Gasteiger partial charge >= 0.3 is 0 Å². The number of benzene rings is 1. The summed E-state index contributed by atoms with van der Waals surface area (Å²) in [5, 5.41) is 3.57. The fourth-order valence-corrected chi connectivity index (χ4v) is 3.45. The summed E-state index contributed by atoms with van der Waals surface area (Å²) in [6.07, 6.45) is 0. The van der Waals surface area contributed by atoms with Crippen molar-refractivity contribution in [1.82, 2.24) is 5.32 Å². The highest BCUT2D eigenvalue weighted by Gasteiger charge is 2.11. The van der Waals surface area contributed by atoms with Crippen molar-refractivity contribution in [2.45, 2.75) is 33.4 Å². The summed E-state index contributed by atoms with van der Waals surface area (Å²) in [4.78, 5) is 2.75. The molecule has 2 aromatic rings. The van der Waals surface area contributed by atoms with Crippen molar-refractivity contribution in [1.29, 1.82) is 0 Å². The van der Waals surface area contributed by atoms with Crippen LogP contribution in [0.1, 0.15) is 33.8 Å². The van der Waals surface area contributed by atoms with Crippen molar-refractivity contribution >= 4 is 11.3 Å². The van der Waals surface area contributed by atoms with Crippen LogP contribution in [-0.2, 0) is 6.54 Å². The molecular formula is C17H23NO2S. The van der Waals surface area contributed by atoms with Crippen LogP contribution in [-0.4, -0.2) is 14.2 Å². The maximum Gasteiger partial charge on any atom is 0.122 e. The molecule has 21 heavy (non-hydrogen) atoms. The largest absolute Gasteiger partial charge is 0.497 e. The highest BCUT2D eigenvalue weighted by Crippen LogP contribution is 2.27. The van der Waals surface area contributed by atoms with Gasteiger partial charge in [0.1, 0.15) is 11.5 Å². The van der Waals surface area contributed by atoms with E-state index in [4.69, 9.17) is 9.47 Å². The van der Waals surface area contributed by atoms with E-state index in [9.17, 15) is 0 Å². The Balaban J connectivity index is 2.07. The van der Waals surface area contributed by atoms with Gasteiger partial charge in [-0.15, -0.1) is 11.3 Å². The summed E-state index contributed by atoms with van der Waals surface area (Å²) in [6.45, 7) is 7.32. The third-order valence-corrected chi connectivity index (χ3v) is 4.55. The number of methoxy groups -OCH3 is 2. The van der Waals surface area contributed by atoms with Crippen LogP contribution in [0.5, 0.6) is 11.5 Å². The van der Waals surface area contributed by atoms with Crippen molar-refractivity contribution < 1.29 is 9.47 Å². The van der Waals surface area contributed by atoms with E-state index < -0.39 is 0 Å². The molecule has 0 aliphatic carbocycles. The Labute approximate surface area is 130 Å². The van der Waals surface area contributed by atoms with Gasteiger partial charge in [-0.3, -0.25) is 0 Å². The quantitative estimate of drug-likeness (QED) is 0.866. The first-order valence-corrected chi connectivity index (χ1v) is 7.87. The first-order valence-electron chi connectivity index (χ1n) is 7.05. The van der Waals surface area contributed by atoms with E-state index in [1.165, 1.54) is 15.3 Å². The molecule has 2 rings (SSSR count). The molecule has 0 saturated carbocycles. The van der Waals surface area contributed by atoms with Gasteiger partial charge in [0.25, 0.3) is 0 Å². The molecular weight excluding hydrogens is 282 g/mol. The molecule has 3 nitrogen and oxygen atoms in total. The number of thiophene rings is 1. The van der Waals surface area contributed by atoms with E-state index in [2.05, 4.69) is 32.2 Å². The van der Waals surface area contributed by atoms with E-state index in [1.54, 1.807) is 14.2 Å². The molecule has 1 unspecified atom stereocenters. The van der Waals surface area contributed by atoms with Crippen LogP contribution in [0.25, 0.3) is 0 Å². The summed E-state index contributed by atoms with van der Waals surface area (Å²) in [7, 11) is 3.35. The zero-order valence-corrected chi connectivity index (χ0v) is 14.1. The van der Waals surface area contributed by atoms with Gasteiger partial charge in [-0.05, 0) is 50.1 Å². The molecule has 0 saturated heterocycles. The van der Waals surface area contributed by atoms with Gasteiger partial charge in [-0.1, -0.05) is 0 Å². The average Bonchev–Trinajstić information content (AvgIpc) is 2.83. The molecule has 1 aromatic carbocycles. The van der Waals surface area contributed by atoms with Crippen molar-refractivity contribution in [2.24, 2.45) is 0 Å². The topological polar surface area (TPSA) is 30.5 Å². The van der Waals surface area contributed by atoms with Crippen molar-refractivity contribution in [3.8, 4) is 11.5 Å². The fraction of sp³-hybridized carbons (Fsp3) is 0.412. The van der Waals surface area contributed by atoms with Crippen LogP contribution in [0, 0.1) is 13.8 Å². The minimum Gasteiger partial charge on any atom is -0.497 e. The summed E-state index contributed by atoms with van der Waals surface area (Å²) in [6, 6.07) is 8.55. The summed E-state index contributed by atoms with van der Waals surface area (Å²) in [5.74, 6) is 1.64. The standard InChI is InChI=1S/C17H23NO2S/c1-11-6-17(13(3)21-11)12(2)18-10-14-7-15(19-4)9-16(8-14)20-5/h6-9,12,18H,10H2,1-5H3. The van der Waals surface area contributed by atoms with E-state index in [0.29, 0.717) is 6.04 Å². The summed E-state index contributed by atoms with van der Waals surface area (Å²) in [5.41, 5.74) is 2.54. The van der Waals surface area contributed by atoms with Gasteiger partial charge in [0.2, 0.25) is 0 Å². The second-order valence-electron chi connectivity index (χ2n) is 5.19. The predicted molar refractivity (Wildman–Crippen MR) is 88.6 cm³/mol. The zero-order chi connectivity index (χ0) is 15.4. The second-order valence-corrected chi connectivity index (χ2v) is 6.65. The maximum atomic E-state index is 5.31. The highest BCUT2D eigenvalue weighted by atomic mass is 32.1. The Hall–Kier alpha value is -1.52. The Morgan fingerprint density at radius 1 is 1.05 bits per heavy atom. The molecule has 0 fully saturated rings. The lowest BCUT2D eigenvalue weighted by molar-refractivity contribution is 0.392. The molecule has 4 heteroatoms. The average molecular weight is 305 g/mol. The summed E-state index contributed by atoms with van der Waals surface area (Å²) < 4.78 is 10.6. The fourth-order valence-electron chi connectivity index (χ4n) is 2.43. The molecule has 0 aliphatic rings. The number of hydrogen-bond acceptors (Lipinski definition) is 4. The Bertz CT molecular complexity index is 585. The summed E-state index contributed by atoms with van der Waals surface area (Å²) >= 11 is 1.85. The van der Waals surface area contributed by atoms with Crippen LogP contribution < -0.4 is 14.8 Å². The van der Waals surface area contributed by atoms with Gasteiger partial charge in [-0.25, -0.2) is 0 Å². The van der Waals surface area contributed by atoms with Crippen molar-refractivity contribution in [3.63, 3.8) is 0 Å². The number of aryl methyl sites for hydroxylation is 2. The molecule has 0 spiro atoms. The van der Waals surface area contributed by atoms with Gasteiger partial charge < -0.3 is 14.8 Å². The van der Waals surface area contributed by atoms with Crippen molar-refractivity contribution in [3.05, 3.63) is 45.1 Å². The second kappa shape index (κ2) is 6.96. The van der Waals surface area contributed by atoms with E-state index in [1.807, 2.05) is 29.5 Å². The number of ether oxygens (including phenoxy) is 2. The molecule has 0 aliphatic heterocycles. The van der Waals surface area contributed by atoms with Crippen LogP contribution in [0.3, 0.4) is 0 Å². The highest BCUT2D eigenvalue weighted by molar-refractivity contribution is 7.12. The lowest BCUT2D eigenvalue weighted by Crippen LogP contribution is -2.18. The Morgan fingerprint density at radius 2 is 1.67 bits per heavy atom. The number of nitrogens with one attached hydrogen (secondary N) is 1. The molecule has 1 atom stereocenters. The van der Waals surface area contributed by atoms with Crippen LogP contribution in [0.2, 0.25) is 0 Å². The number of hydrogen-bond donors (Lipinski definition) is 1. The van der Waals surface area contributed by atoms with E-state index in [0.717, 1.165) is 23.6 Å². The van der Waals surface area contributed by atoms with Crippen LogP contribution >= 0.6 is 11.3 Å².